The molecule has 3 rings (SSSR count). The van der Waals surface area contributed by atoms with Gasteiger partial charge in [-0.05, 0) is 23.6 Å². The maximum Gasteiger partial charge on any atom is 0.425 e. The van der Waals surface area contributed by atoms with Crippen molar-refractivity contribution >= 4 is 14.0 Å². The van der Waals surface area contributed by atoms with E-state index >= 15 is 0 Å². The van der Waals surface area contributed by atoms with Crippen molar-refractivity contribution in [1.29, 1.82) is 0 Å². The van der Waals surface area contributed by atoms with E-state index in [-0.39, 0.29) is 27.8 Å². The van der Waals surface area contributed by atoms with Crippen LogP contribution >= 0.6 is 0 Å². The number of amides is 1. The van der Waals surface area contributed by atoms with Gasteiger partial charge in [0.15, 0.2) is 0 Å². The van der Waals surface area contributed by atoms with Crippen molar-refractivity contribution in [3.05, 3.63) is 58.7 Å². The van der Waals surface area contributed by atoms with Crippen LogP contribution in [-0.4, -0.2) is 25.3 Å². The molecule has 3 nitrogen and oxygen atoms in total. The van der Waals surface area contributed by atoms with Gasteiger partial charge in [0.25, 0.3) is 0 Å². The summed E-state index contributed by atoms with van der Waals surface area (Å²) in [6.45, 7) is 6.53. The van der Waals surface area contributed by atoms with Gasteiger partial charge >= 0.3 is 6.18 Å². The average Bonchev–Trinajstić information content (AvgIpc) is 2.99. The molecule has 2 aromatic carbocycles. The standard InChI is InChI=1S/C23H28F3NO2Si/c1-4-30(5-2,6-3)12-11-15-13-17(21(27)28)20-16-9-7-8-10-18(16)22(29,19(20)14-15)23(24,25)26/h7-10,13-14,29H,4-6,11-12H2,1-3H3,(H2,27,28). The molecular weight excluding hydrogens is 407 g/mol. The fourth-order valence-electron chi connectivity index (χ4n) is 4.77. The summed E-state index contributed by atoms with van der Waals surface area (Å²) < 4.78 is 42.4. The highest BCUT2D eigenvalue weighted by Gasteiger charge is 2.61. The van der Waals surface area contributed by atoms with Gasteiger partial charge in [0.1, 0.15) is 0 Å². The van der Waals surface area contributed by atoms with E-state index in [0.29, 0.717) is 12.0 Å². The number of carbonyl (C=O) groups is 1. The third-order valence-electron chi connectivity index (χ3n) is 7.04. The Labute approximate surface area is 176 Å². The van der Waals surface area contributed by atoms with Crippen LogP contribution in [0.3, 0.4) is 0 Å². The number of alkyl halides is 3. The minimum absolute atomic E-state index is 0.0342. The van der Waals surface area contributed by atoms with E-state index in [1.165, 1.54) is 24.3 Å². The number of nitrogens with two attached hydrogens (primary N) is 1. The summed E-state index contributed by atoms with van der Waals surface area (Å²) in [6, 6.07) is 13.1. The molecule has 1 unspecified atom stereocenters. The second-order valence-corrected chi connectivity index (χ2v) is 13.9. The van der Waals surface area contributed by atoms with Gasteiger partial charge in [0.05, 0.1) is 8.07 Å². The number of benzene rings is 2. The first kappa shape index (κ1) is 22.6. The number of carbonyl (C=O) groups excluding carboxylic acids is 1. The van der Waals surface area contributed by atoms with Gasteiger partial charge in [-0.1, -0.05) is 75.3 Å². The summed E-state index contributed by atoms with van der Waals surface area (Å²) in [5, 5.41) is 11.0. The monoisotopic (exact) mass is 435 g/mol. The minimum Gasteiger partial charge on any atom is -0.372 e. The third kappa shape index (κ3) is 3.38. The largest absolute Gasteiger partial charge is 0.425 e. The fourth-order valence-corrected chi connectivity index (χ4v) is 8.15. The molecule has 0 aliphatic heterocycles. The highest BCUT2D eigenvalue weighted by Crippen LogP contribution is 2.56. The summed E-state index contributed by atoms with van der Waals surface area (Å²) in [5.74, 6) is -0.792. The van der Waals surface area contributed by atoms with Crippen LogP contribution in [0.1, 0.15) is 47.8 Å². The Morgan fingerprint density at radius 1 is 1.07 bits per heavy atom. The highest BCUT2D eigenvalue weighted by molar-refractivity contribution is 6.79. The molecular formula is C23H28F3NO2Si. The van der Waals surface area contributed by atoms with E-state index in [1.54, 1.807) is 12.1 Å². The molecule has 7 heteroatoms. The molecule has 0 fully saturated rings. The second-order valence-electron chi connectivity index (χ2n) is 8.24. The molecule has 30 heavy (non-hydrogen) atoms. The number of aliphatic hydroxyl groups is 1. The van der Waals surface area contributed by atoms with Gasteiger partial charge in [0.2, 0.25) is 11.5 Å². The SMILES string of the molecule is CC[Si](CC)(CC)CCc1cc(C(N)=O)c2c(c1)C(O)(C(F)(F)F)c1ccccc1-2. The van der Waals surface area contributed by atoms with Crippen LogP contribution in [0.25, 0.3) is 11.1 Å². The second kappa shape index (κ2) is 7.85. The summed E-state index contributed by atoms with van der Waals surface area (Å²) in [6.07, 6.45) is -4.36. The molecule has 2 aromatic rings. The molecule has 3 N–H and O–H groups in total. The normalized spacial score (nSPS) is 18.2. The van der Waals surface area contributed by atoms with Gasteiger partial charge in [-0.2, -0.15) is 13.2 Å². The fraction of sp³-hybridized carbons (Fsp3) is 0.435. The van der Waals surface area contributed by atoms with Crippen molar-refractivity contribution in [3.63, 3.8) is 0 Å². The van der Waals surface area contributed by atoms with E-state index in [9.17, 15) is 23.1 Å². The first-order chi connectivity index (χ1) is 14.0. The molecule has 0 saturated carbocycles. The predicted molar refractivity (Wildman–Crippen MR) is 115 cm³/mol. The topological polar surface area (TPSA) is 63.3 Å². The molecule has 0 heterocycles. The number of aryl methyl sites for hydroxylation is 1. The Morgan fingerprint density at radius 2 is 1.67 bits per heavy atom. The van der Waals surface area contributed by atoms with E-state index in [4.69, 9.17) is 5.73 Å². The van der Waals surface area contributed by atoms with Crippen molar-refractivity contribution < 1.29 is 23.1 Å². The van der Waals surface area contributed by atoms with Gasteiger partial charge in [-0.15, -0.1) is 0 Å². The van der Waals surface area contributed by atoms with E-state index in [0.717, 1.165) is 24.2 Å². The maximum absolute atomic E-state index is 14.1. The molecule has 0 radical (unpaired) electrons. The first-order valence-corrected chi connectivity index (χ1v) is 13.2. The lowest BCUT2D eigenvalue weighted by Crippen LogP contribution is -2.41. The molecule has 0 spiro atoms. The number of hydrogen-bond acceptors (Lipinski definition) is 2. The van der Waals surface area contributed by atoms with Gasteiger partial charge in [-0.3, -0.25) is 4.79 Å². The zero-order chi connectivity index (χ0) is 22.3. The molecule has 1 aliphatic rings. The quantitative estimate of drug-likeness (QED) is 0.555. The van der Waals surface area contributed by atoms with Crippen LogP contribution < -0.4 is 5.73 Å². The van der Waals surface area contributed by atoms with Crippen LogP contribution in [0.2, 0.25) is 24.2 Å². The Morgan fingerprint density at radius 3 is 2.20 bits per heavy atom. The molecule has 162 valence electrons. The molecule has 0 bridgehead atoms. The van der Waals surface area contributed by atoms with Gasteiger partial charge < -0.3 is 10.8 Å². The summed E-state index contributed by atoms with van der Waals surface area (Å²) >= 11 is 0. The highest BCUT2D eigenvalue weighted by atomic mass is 28.3. The van der Waals surface area contributed by atoms with E-state index < -0.39 is 25.8 Å². The summed E-state index contributed by atoms with van der Waals surface area (Å²) in [5.41, 5.74) is 2.81. The lowest BCUT2D eigenvalue weighted by molar-refractivity contribution is -0.246. The minimum atomic E-state index is -4.93. The predicted octanol–water partition coefficient (Wildman–Crippen LogP) is 5.62. The zero-order valence-electron chi connectivity index (χ0n) is 17.6. The molecule has 1 amide bonds. The van der Waals surface area contributed by atoms with Crippen LogP contribution in [0.4, 0.5) is 13.2 Å². The number of fused-ring (bicyclic) bond motifs is 3. The first-order valence-electron chi connectivity index (χ1n) is 10.4. The Bertz CT molecular complexity index is 961. The lowest BCUT2D eigenvalue weighted by atomic mass is 9.88. The summed E-state index contributed by atoms with van der Waals surface area (Å²) in [4.78, 5) is 12.2. The van der Waals surface area contributed by atoms with Crippen LogP contribution in [0.15, 0.2) is 36.4 Å². The zero-order valence-corrected chi connectivity index (χ0v) is 18.6. The van der Waals surface area contributed by atoms with E-state index in [2.05, 4.69) is 20.8 Å². The Kier molecular flexibility index (Phi) is 5.90. The molecule has 1 atom stereocenters. The van der Waals surface area contributed by atoms with E-state index in [1.807, 2.05) is 0 Å². The summed E-state index contributed by atoms with van der Waals surface area (Å²) in [7, 11) is -1.51. The van der Waals surface area contributed by atoms with Gasteiger partial charge in [0, 0.05) is 22.3 Å². The lowest BCUT2D eigenvalue weighted by Gasteiger charge is -2.30. The van der Waals surface area contributed by atoms with Crippen molar-refractivity contribution in [2.75, 3.05) is 0 Å². The Hall–Kier alpha value is -2.12. The molecule has 1 aliphatic carbocycles. The van der Waals surface area contributed by atoms with Crippen molar-refractivity contribution in [2.45, 2.75) is 63.1 Å². The van der Waals surface area contributed by atoms with Crippen molar-refractivity contribution in [2.24, 2.45) is 5.73 Å². The van der Waals surface area contributed by atoms with Crippen molar-refractivity contribution in [1.82, 2.24) is 0 Å². The number of rotatable bonds is 7. The van der Waals surface area contributed by atoms with Crippen LogP contribution in [-0.2, 0) is 12.0 Å². The Balaban J connectivity index is 2.20. The number of primary amides is 1. The molecule has 0 aromatic heterocycles. The van der Waals surface area contributed by atoms with Crippen LogP contribution in [0.5, 0.6) is 0 Å². The average molecular weight is 436 g/mol. The van der Waals surface area contributed by atoms with Crippen LogP contribution in [0, 0.1) is 0 Å². The van der Waals surface area contributed by atoms with Gasteiger partial charge in [-0.25, -0.2) is 0 Å². The third-order valence-corrected chi connectivity index (χ3v) is 12.9. The smallest absolute Gasteiger partial charge is 0.372 e. The number of hydrogen-bond donors (Lipinski definition) is 2. The van der Waals surface area contributed by atoms with Crippen molar-refractivity contribution in [3.8, 4) is 11.1 Å². The molecule has 0 saturated heterocycles. The maximum atomic E-state index is 14.1. The number of halogens is 3.